The quantitative estimate of drug-likeness (QED) is 0.643. The summed E-state index contributed by atoms with van der Waals surface area (Å²) in [6, 6.07) is 7.98. The van der Waals surface area contributed by atoms with E-state index in [-0.39, 0.29) is 12.5 Å². The molecule has 0 aliphatic carbocycles. The number of carbonyl (C=O) groups excluding carboxylic acids is 1. The van der Waals surface area contributed by atoms with Gasteiger partial charge < -0.3 is 19.1 Å². The summed E-state index contributed by atoms with van der Waals surface area (Å²) in [7, 11) is 1.67. The Hall–Kier alpha value is -1.59. The predicted molar refractivity (Wildman–Crippen MR) is 98.0 cm³/mol. The highest BCUT2D eigenvalue weighted by atomic mass is 16.5. The molecule has 1 saturated heterocycles. The van der Waals surface area contributed by atoms with Gasteiger partial charge in [-0.15, -0.1) is 0 Å². The molecule has 0 aromatic heterocycles. The van der Waals surface area contributed by atoms with Crippen LogP contribution in [0.1, 0.15) is 38.2 Å². The van der Waals surface area contributed by atoms with Crippen LogP contribution in [0.5, 0.6) is 5.75 Å². The molecule has 5 nitrogen and oxygen atoms in total. The van der Waals surface area contributed by atoms with E-state index in [0.717, 1.165) is 38.3 Å². The van der Waals surface area contributed by atoms with Crippen LogP contribution in [0.4, 0.5) is 0 Å². The third-order valence-corrected chi connectivity index (χ3v) is 4.66. The molecule has 1 fully saturated rings. The molecule has 0 radical (unpaired) electrons. The van der Waals surface area contributed by atoms with Crippen LogP contribution in [0, 0.1) is 5.92 Å². The summed E-state index contributed by atoms with van der Waals surface area (Å²) < 4.78 is 16.2. The standard InChI is InChI=1S/C20H31NO4/c1-16(2)18-4-6-19(7-5-18)25-15-20(22)21-10-8-17(9-11-21)14-24-13-12-23-3/h4-7,16-17H,8-15H2,1-3H3. The first-order valence-corrected chi connectivity index (χ1v) is 9.17. The van der Waals surface area contributed by atoms with Gasteiger partial charge in [0.25, 0.3) is 5.91 Å². The number of rotatable bonds is 9. The number of piperidine rings is 1. The summed E-state index contributed by atoms with van der Waals surface area (Å²) in [4.78, 5) is 14.2. The Morgan fingerprint density at radius 3 is 2.44 bits per heavy atom. The fourth-order valence-electron chi connectivity index (χ4n) is 2.93. The number of ether oxygens (including phenoxy) is 3. The molecule has 1 aromatic rings. The van der Waals surface area contributed by atoms with Crippen molar-refractivity contribution in [2.45, 2.75) is 32.6 Å². The van der Waals surface area contributed by atoms with Crippen molar-refractivity contribution in [2.75, 3.05) is 46.6 Å². The molecule has 0 saturated carbocycles. The third kappa shape index (κ3) is 6.67. The number of methoxy groups -OCH3 is 1. The molecule has 0 bridgehead atoms. The lowest BCUT2D eigenvalue weighted by molar-refractivity contribution is -0.135. The van der Waals surface area contributed by atoms with Crippen molar-refractivity contribution in [3.05, 3.63) is 29.8 Å². The molecule has 1 aliphatic heterocycles. The Bertz CT molecular complexity index is 507. The first kappa shape index (κ1) is 19.7. The van der Waals surface area contributed by atoms with Crippen LogP contribution in [0.3, 0.4) is 0 Å². The zero-order valence-electron chi connectivity index (χ0n) is 15.7. The van der Waals surface area contributed by atoms with Crippen molar-refractivity contribution >= 4 is 5.91 Å². The van der Waals surface area contributed by atoms with E-state index in [1.807, 2.05) is 17.0 Å². The number of hydrogen-bond donors (Lipinski definition) is 0. The lowest BCUT2D eigenvalue weighted by Crippen LogP contribution is -2.41. The fraction of sp³-hybridized carbons (Fsp3) is 0.650. The summed E-state index contributed by atoms with van der Waals surface area (Å²) in [5.41, 5.74) is 1.27. The van der Waals surface area contributed by atoms with E-state index in [0.29, 0.717) is 25.0 Å². The molecular weight excluding hydrogens is 318 g/mol. The minimum atomic E-state index is 0.0617. The van der Waals surface area contributed by atoms with Gasteiger partial charge in [0, 0.05) is 26.8 Å². The van der Waals surface area contributed by atoms with Gasteiger partial charge in [0.2, 0.25) is 0 Å². The van der Waals surface area contributed by atoms with Crippen molar-refractivity contribution in [3.8, 4) is 5.75 Å². The van der Waals surface area contributed by atoms with Crippen molar-refractivity contribution in [2.24, 2.45) is 5.92 Å². The van der Waals surface area contributed by atoms with Crippen LogP contribution in [-0.4, -0.2) is 57.4 Å². The molecule has 1 amide bonds. The number of benzene rings is 1. The molecule has 1 aliphatic rings. The van der Waals surface area contributed by atoms with E-state index >= 15 is 0 Å². The Balaban J connectivity index is 1.66. The zero-order chi connectivity index (χ0) is 18.1. The molecule has 5 heteroatoms. The van der Waals surface area contributed by atoms with Crippen molar-refractivity contribution in [3.63, 3.8) is 0 Å². The predicted octanol–water partition coefficient (Wildman–Crippen LogP) is 3.09. The van der Waals surface area contributed by atoms with Crippen LogP contribution in [0.2, 0.25) is 0 Å². The highest BCUT2D eigenvalue weighted by Crippen LogP contribution is 2.20. The number of amides is 1. The molecule has 1 heterocycles. The van der Waals surface area contributed by atoms with Gasteiger partial charge in [0.1, 0.15) is 5.75 Å². The van der Waals surface area contributed by atoms with E-state index in [2.05, 4.69) is 26.0 Å². The Kier molecular flexibility index (Phi) is 8.22. The Labute approximate surface area is 151 Å². The van der Waals surface area contributed by atoms with Gasteiger partial charge in [-0.3, -0.25) is 4.79 Å². The molecule has 1 aromatic carbocycles. The monoisotopic (exact) mass is 349 g/mol. The average molecular weight is 349 g/mol. The highest BCUT2D eigenvalue weighted by molar-refractivity contribution is 5.77. The van der Waals surface area contributed by atoms with E-state index in [4.69, 9.17) is 14.2 Å². The SMILES string of the molecule is COCCOCC1CCN(C(=O)COc2ccc(C(C)C)cc2)CC1. The van der Waals surface area contributed by atoms with Gasteiger partial charge in [-0.05, 0) is 42.4 Å². The number of likely N-dealkylation sites (tertiary alicyclic amines) is 1. The highest BCUT2D eigenvalue weighted by Gasteiger charge is 2.23. The molecule has 0 atom stereocenters. The first-order valence-electron chi connectivity index (χ1n) is 9.17. The second-order valence-corrected chi connectivity index (χ2v) is 6.90. The van der Waals surface area contributed by atoms with Gasteiger partial charge in [-0.1, -0.05) is 26.0 Å². The van der Waals surface area contributed by atoms with Gasteiger partial charge in [0.15, 0.2) is 6.61 Å². The van der Waals surface area contributed by atoms with Crippen LogP contribution < -0.4 is 4.74 Å². The summed E-state index contributed by atoms with van der Waals surface area (Å²) >= 11 is 0. The van der Waals surface area contributed by atoms with E-state index in [1.165, 1.54) is 5.56 Å². The lowest BCUT2D eigenvalue weighted by Gasteiger charge is -2.31. The average Bonchev–Trinajstić information content (AvgIpc) is 2.64. The zero-order valence-corrected chi connectivity index (χ0v) is 15.7. The van der Waals surface area contributed by atoms with Crippen LogP contribution in [0.15, 0.2) is 24.3 Å². The lowest BCUT2D eigenvalue weighted by atomic mass is 9.98. The van der Waals surface area contributed by atoms with Crippen LogP contribution in [-0.2, 0) is 14.3 Å². The molecular formula is C20H31NO4. The minimum Gasteiger partial charge on any atom is -0.484 e. The molecule has 0 spiro atoms. The van der Waals surface area contributed by atoms with E-state index in [1.54, 1.807) is 7.11 Å². The van der Waals surface area contributed by atoms with Gasteiger partial charge in [-0.2, -0.15) is 0 Å². The Morgan fingerprint density at radius 2 is 1.84 bits per heavy atom. The topological polar surface area (TPSA) is 48.0 Å². The third-order valence-electron chi connectivity index (χ3n) is 4.66. The smallest absolute Gasteiger partial charge is 0.260 e. The van der Waals surface area contributed by atoms with Gasteiger partial charge in [0.05, 0.1) is 13.2 Å². The molecule has 0 N–H and O–H groups in total. The molecule has 0 unspecified atom stereocenters. The molecule has 140 valence electrons. The van der Waals surface area contributed by atoms with Crippen LogP contribution in [0.25, 0.3) is 0 Å². The first-order chi connectivity index (χ1) is 12.1. The maximum atomic E-state index is 12.3. The summed E-state index contributed by atoms with van der Waals surface area (Å²) in [6.07, 6.45) is 1.98. The van der Waals surface area contributed by atoms with E-state index in [9.17, 15) is 4.79 Å². The second-order valence-electron chi connectivity index (χ2n) is 6.90. The fourth-order valence-corrected chi connectivity index (χ4v) is 2.93. The summed E-state index contributed by atoms with van der Waals surface area (Å²) in [5, 5.41) is 0. The molecule has 25 heavy (non-hydrogen) atoms. The normalized spacial score (nSPS) is 15.6. The number of nitrogens with zero attached hydrogens (tertiary/aromatic N) is 1. The van der Waals surface area contributed by atoms with Crippen molar-refractivity contribution in [1.29, 1.82) is 0 Å². The van der Waals surface area contributed by atoms with Crippen molar-refractivity contribution < 1.29 is 19.0 Å². The molecule has 2 rings (SSSR count). The number of carbonyl (C=O) groups is 1. The second kappa shape index (κ2) is 10.4. The summed E-state index contributed by atoms with van der Waals surface area (Å²) in [6.45, 7) is 8.02. The van der Waals surface area contributed by atoms with Crippen LogP contribution >= 0.6 is 0 Å². The van der Waals surface area contributed by atoms with Gasteiger partial charge >= 0.3 is 0 Å². The van der Waals surface area contributed by atoms with E-state index < -0.39 is 0 Å². The minimum absolute atomic E-state index is 0.0617. The number of hydrogen-bond acceptors (Lipinski definition) is 4. The maximum Gasteiger partial charge on any atom is 0.260 e. The van der Waals surface area contributed by atoms with Gasteiger partial charge in [-0.25, -0.2) is 0 Å². The summed E-state index contributed by atoms with van der Waals surface area (Å²) in [5.74, 6) is 1.84. The Morgan fingerprint density at radius 1 is 1.16 bits per heavy atom. The largest absolute Gasteiger partial charge is 0.484 e. The van der Waals surface area contributed by atoms with Crippen molar-refractivity contribution in [1.82, 2.24) is 4.90 Å². The maximum absolute atomic E-state index is 12.3.